The first kappa shape index (κ1) is 20.3. The highest BCUT2D eigenvalue weighted by molar-refractivity contribution is 5.79. The molecule has 1 heterocycles. The molecule has 1 aliphatic rings. The number of ether oxygens (including phenoxy) is 1. The second kappa shape index (κ2) is 9.64. The minimum Gasteiger partial charge on any atom is -0.497 e. The molecular weight excluding hydrogens is 362 g/mol. The molecule has 1 saturated heterocycles. The fourth-order valence-electron chi connectivity index (χ4n) is 3.67. The second-order valence-corrected chi connectivity index (χ2v) is 7.15. The van der Waals surface area contributed by atoms with Gasteiger partial charge in [-0.2, -0.15) is 0 Å². The van der Waals surface area contributed by atoms with Gasteiger partial charge in [0.05, 0.1) is 20.2 Å². The third kappa shape index (κ3) is 5.07. The molecule has 1 N–H and O–H groups in total. The molecule has 3 rings (SSSR count). The van der Waals surface area contributed by atoms with Crippen molar-refractivity contribution in [2.24, 2.45) is 5.92 Å². The van der Waals surface area contributed by atoms with Crippen molar-refractivity contribution in [3.05, 3.63) is 65.5 Å². The van der Waals surface area contributed by atoms with Gasteiger partial charge in [-0.1, -0.05) is 24.3 Å². The molecule has 0 radical (unpaired) electrons. The van der Waals surface area contributed by atoms with Gasteiger partial charge in [-0.3, -0.25) is 9.18 Å². The van der Waals surface area contributed by atoms with Gasteiger partial charge >= 0.3 is 0 Å². The van der Waals surface area contributed by atoms with E-state index in [9.17, 15) is 13.6 Å². The predicted molar refractivity (Wildman–Crippen MR) is 104 cm³/mol. The summed E-state index contributed by atoms with van der Waals surface area (Å²) in [4.78, 5) is 14.9. The van der Waals surface area contributed by atoms with Crippen molar-refractivity contribution in [3.63, 3.8) is 0 Å². The Bertz CT molecular complexity index is 765. The summed E-state index contributed by atoms with van der Waals surface area (Å²) in [5.74, 6) is 0.118. The molecule has 1 aliphatic heterocycles. The molecule has 0 spiro atoms. The predicted octanol–water partition coefficient (Wildman–Crippen LogP) is 3.35. The third-order valence-electron chi connectivity index (χ3n) is 5.27. The van der Waals surface area contributed by atoms with Gasteiger partial charge in [-0.05, 0) is 48.4 Å². The van der Waals surface area contributed by atoms with Crippen molar-refractivity contribution in [3.8, 4) is 5.75 Å². The molecule has 28 heavy (non-hydrogen) atoms. The number of amides is 1. The molecule has 2 atom stereocenters. The smallest absolute Gasteiger partial charge is 0.227 e. The summed E-state index contributed by atoms with van der Waals surface area (Å²) in [5, 5.41) is 3.20. The Balaban J connectivity index is 1.80. The maximum absolute atomic E-state index is 13.6. The molecule has 0 saturated carbocycles. The first-order valence-electron chi connectivity index (χ1n) is 9.54. The van der Waals surface area contributed by atoms with Crippen LogP contribution in [0.1, 0.15) is 17.5 Å². The number of halogens is 2. The van der Waals surface area contributed by atoms with Crippen LogP contribution < -0.4 is 10.1 Å². The molecule has 0 aromatic heterocycles. The average Bonchev–Trinajstić information content (AvgIpc) is 2.73. The highest BCUT2D eigenvalue weighted by Gasteiger charge is 2.33. The first-order chi connectivity index (χ1) is 13.6. The SMILES string of the molecule is COc1ccc(CC(=O)N(Cc2ccc(F)cc2)[C@H]2CCNC[C@H]2CF)cc1. The lowest BCUT2D eigenvalue weighted by atomic mass is 9.92. The largest absolute Gasteiger partial charge is 0.497 e. The van der Waals surface area contributed by atoms with E-state index >= 15 is 0 Å². The third-order valence-corrected chi connectivity index (χ3v) is 5.27. The van der Waals surface area contributed by atoms with Crippen molar-refractivity contribution in [2.75, 3.05) is 26.9 Å². The van der Waals surface area contributed by atoms with Crippen LogP contribution in [0.5, 0.6) is 5.75 Å². The molecule has 0 unspecified atom stereocenters. The van der Waals surface area contributed by atoms with E-state index in [0.717, 1.165) is 23.4 Å². The van der Waals surface area contributed by atoms with Crippen molar-refractivity contribution >= 4 is 5.91 Å². The van der Waals surface area contributed by atoms with Crippen molar-refractivity contribution in [2.45, 2.75) is 25.4 Å². The van der Waals surface area contributed by atoms with Gasteiger partial charge in [0, 0.05) is 25.0 Å². The lowest BCUT2D eigenvalue weighted by Gasteiger charge is -2.39. The number of carbonyl (C=O) groups excluding carboxylic acids is 1. The Morgan fingerprint density at radius 3 is 2.46 bits per heavy atom. The summed E-state index contributed by atoms with van der Waals surface area (Å²) >= 11 is 0. The van der Waals surface area contributed by atoms with Crippen molar-refractivity contribution < 1.29 is 18.3 Å². The fourth-order valence-corrected chi connectivity index (χ4v) is 3.67. The standard InChI is InChI=1S/C22H26F2N2O2/c1-28-20-8-4-16(5-9-20)12-22(27)26(15-17-2-6-19(24)7-3-17)21-10-11-25-14-18(21)13-23/h2-9,18,21,25H,10-15H2,1H3/t18-,21+/m1/s1. The maximum Gasteiger partial charge on any atom is 0.227 e. The van der Waals surface area contributed by atoms with Crippen LogP contribution in [-0.2, 0) is 17.8 Å². The van der Waals surface area contributed by atoms with E-state index in [2.05, 4.69) is 5.32 Å². The number of hydrogen-bond acceptors (Lipinski definition) is 3. The molecule has 2 aromatic rings. The van der Waals surface area contributed by atoms with Gasteiger partial charge in [-0.25, -0.2) is 4.39 Å². The molecule has 1 fully saturated rings. The van der Waals surface area contributed by atoms with Crippen LogP contribution in [0, 0.1) is 11.7 Å². The number of nitrogens with one attached hydrogen (secondary N) is 1. The van der Waals surface area contributed by atoms with E-state index < -0.39 is 6.67 Å². The number of methoxy groups -OCH3 is 1. The Morgan fingerprint density at radius 2 is 1.82 bits per heavy atom. The van der Waals surface area contributed by atoms with Crippen LogP contribution in [0.2, 0.25) is 0 Å². The summed E-state index contributed by atoms with van der Waals surface area (Å²) in [6.45, 7) is 1.16. The monoisotopic (exact) mass is 388 g/mol. The second-order valence-electron chi connectivity index (χ2n) is 7.15. The molecule has 4 nitrogen and oxygen atoms in total. The fraction of sp³-hybridized carbons (Fsp3) is 0.409. The normalized spacial score (nSPS) is 19.2. The van der Waals surface area contributed by atoms with Gasteiger partial charge in [0.1, 0.15) is 11.6 Å². The summed E-state index contributed by atoms with van der Waals surface area (Å²) in [6.07, 6.45) is 0.929. The van der Waals surface area contributed by atoms with E-state index in [1.807, 2.05) is 24.3 Å². The van der Waals surface area contributed by atoms with Crippen molar-refractivity contribution in [1.82, 2.24) is 10.2 Å². The number of hydrogen-bond donors (Lipinski definition) is 1. The van der Waals surface area contributed by atoms with Gasteiger partial charge in [0.15, 0.2) is 0 Å². The Hall–Kier alpha value is -2.47. The van der Waals surface area contributed by atoms with Crippen molar-refractivity contribution in [1.29, 1.82) is 0 Å². The molecule has 0 aliphatic carbocycles. The first-order valence-corrected chi connectivity index (χ1v) is 9.54. The van der Waals surface area contributed by atoms with E-state index in [0.29, 0.717) is 19.5 Å². The highest BCUT2D eigenvalue weighted by atomic mass is 19.1. The van der Waals surface area contributed by atoms with Gasteiger partial charge in [0.2, 0.25) is 5.91 Å². The molecule has 150 valence electrons. The minimum absolute atomic E-state index is 0.0557. The van der Waals surface area contributed by atoms with E-state index in [1.165, 1.54) is 12.1 Å². The van der Waals surface area contributed by atoms with Gasteiger partial charge in [-0.15, -0.1) is 0 Å². The summed E-state index contributed by atoms with van der Waals surface area (Å²) in [6, 6.07) is 13.3. The molecule has 6 heteroatoms. The zero-order chi connectivity index (χ0) is 19.9. The quantitative estimate of drug-likeness (QED) is 0.791. The summed E-state index contributed by atoms with van der Waals surface area (Å²) in [7, 11) is 1.60. The Kier molecular flexibility index (Phi) is 6.98. The van der Waals surface area contributed by atoms with Crippen LogP contribution in [0.15, 0.2) is 48.5 Å². The number of benzene rings is 2. The molecule has 0 bridgehead atoms. The number of piperidine rings is 1. The van der Waals surface area contributed by atoms with E-state index in [1.54, 1.807) is 24.1 Å². The Labute approximate surface area is 164 Å². The molecule has 1 amide bonds. The topological polar surface area (TPSA) is 41.6 Å². The lowest BCUT2D eigenvalue weighted by molar-refractivity contribution is -0.135. The minimum atomic E-state index is -0.479. The summed E-state index contributed by atoms with van der Waals surface area (Å²) in [5.41, 5.74) is 1.71. The molecular formula is C22H26F2N2O2. The van der Waals surface area contributed by atoms with E-state index in [-0.39, 0.29) is 30.1 Å². The number of carbonyl (C=O) groups is 1. The average molecular weight is 388 g/mol. The zero-order valence-corrected chi connectivity index (χ0v) is 16.0. The zero-order valence-electron chi connectivity index (χ0n) is 16.0. The van der Waals surface area contributed by atoms with Crippen LogP contribution >= 0.6 is 0 Å². The van der Waals surface area contributed by atoms with Crippen LogP contribution in [0.25, 0.3) is 0 Å². The molecule has 2 aromatic carbocycles. The van der Waals surface area contributed by atoms with Crippen LogP contribution in [0.3, 0.4) is 0 Å². The lowest BCUT2D eigenvalue weighted by Crippen LogP contribution is -2.52. The van der Waals surface area contributed by atoms with Gasteiger partial charge < -0.3 is 15.0 Å². The Morgan fingerprint density at radius 1 is 1.14 bits per heavy atom. The number of nitrogens with zero attached hydrogens (tertiary/aromatic N) is 1. The maximum atomic E-state index is 13.6. The van der Waals surface area contributed by atoms with Crippen LogP contribution in [0.4, 0.5) is 8.78 Å². The highest BCUT2D eigenvalue weighted by Crippen LogP contribution is 2.23. The number of rotatable bonds is 7. The summed E-state index contributed by atoms with van der Waals surface area (Å²) < 4.78 is 32.0. The van der Waals surface area contributed by atoms with Gasteiger partial charge in [0.25, 0.3) is 0 Å². The number of alkyl halides is 1. The van der Waals surface area contributed by atoms with E-state index in [4.69, 9.17) is 4.74 Å². The van der Waals surface area contributed by atoms with Crippen LogP contribution in [-0.4, -0.2) is 43.7 Å².